The van der Waals surface area contributed by atoms with E-state index < -0.39 is 0 Å². The smallest absolute Gasteiger partial charge is 0.228 e. The molecule has 136 valence electrons. The number of aromatic nitrogens is 5. The molecule has 0 bridgehead atoms. The summed E-state index contributed by atoms with van der Waals surface area (Å²) in [5, 5.41) is 8.37. The normalized spacial score (nSPS) is 15.5. The molecule has 0 spiro atoms. The average molecular weight is 374 g/mol. The van der Waals surface area contributed by atoms with Crippen LogP contribution in [0.2, 0.25) is 0 Å². The van der Waals surface area contributed by atoms with Crippen LogP contribution >= 0.6 is 11.5 Å². The van der Waals surface area contributed by atoms with Gasteiger partial charge in [0.15, 0.2) is 5.75 Å². The number of ether oxygens (including phenoxy) is 1. The van der Waals surface area contributed by atoms with Gasteiger partial charge in [-0.25, -0.2) is 9.97 Å². The van der Waals surface area contributed by atoms with E-state index in [-0.39, 0.29) is 12.1 Å². The van der Waals surface area contributed by atoms with Gasteiger partial charge in [0.2, 0.25) is 5.95 Å². The standard InChI is InChI=1S/C17H19FN6OS/c1-25-13-8-19-16(22-14-3-6-21-26-14)23-15(13)12-7-20-24(9-12)11-17(10-18)4-2-5-17/h3,6-9H,2,4-5,10-11H2,1H3,(H,19,22,23). The van der Waals surface area contributed by atoms with Gasteiger partial charge < -0.3 is 10.1 Å². The van der Waals surface area contributed by atoms with Crippen molar-refractivity contribution >= 4 is 22.5 Å². The highest BCUT2D eigenvalue weighted by atomic mass is 32.1. The third kappa shape index (κ3) is 3.26. The maximum Gasteiger partial charge on any atom is 0.228 e. The second kappa shape index (κ2) is 6.99. The van der Waals surface area contributed by atoms with Crippen molar-refractivity contribution in [3.05, 3.63) is 30.9 Å². The molecule has 3 heterocycles. The molecule has 1 saturated carbocycles. The van der Waals surface area contributed by atoms with Gasteiger partial charge in [-0.2, -0.15) is 9.47 Å². The highest BCUT2D eigenvalue weighted by molar-refractivity contribution is 7.10. The highest BCUT2D eigenvalue weighted by Crippen LogP contribution is 2.42. The van der Waals surface area contributed by atoms with Crippen molar-refractivity contribution in [3.8, 4) is 17.0 Å². The minimum absolute atomic E-state index is 0.252. The number of alkyl halides is 1. The molecular weight excluding hydrogens is 355 g/mol. The topological polar surface area (TPSA) is 77.8 Å². The van der Waals surface area contributed by atoms with Crippen LogP contribution in [0.25, 0.3) is 11.3 Å². The first kappa shape index (κ1) is 16.9. The van der Waals surface area contributed by atoms with E-state index in [0.29, 0.717) is 23.9 Å². The highest BCUT2D eigenvalue weighted by Gasteiger charge is 2.37. The maximum absolute atomic E-state index is 13.4. The molecule has 1 fully saturated rings. The Morgan fingerprint density at radius 1 is 1.38 bits per heavy atom. The predicted molar refractivity (Wildman–Crippen MR) is 97.5 cm³/mol. The van der Waals surface area contributed by atoms with Gasteiger partial charge in [-0.1, -0.05) is 6.42 Å². The molecule has 1 aliphatic carbocycles. The molecule has 0 aliphatic heterocycles. The third-order valence-corrected chi connectivity index (χ3v) is 5.41. The zero-order valence-electron chi connectivity index (χ0n) is 14.4. The Labute approximate surface area is 154 Å². The second-order valence-electron chi connectivity index (χ2n) is 6.53. The fraction of sp³-hybridized carbons (Fsp3) is 0.412. The molecule has 0 amide bonds. The number of rotatable bonds is 7. The second-order valence-corrected chi connectivity index (χ2v) is 7.36. The van der Waals surface area contributed by atoms with E-state index in [1.54, 1.807) is 30.4 Å². The molecule has 0 aromatic carbocycles. The summed E-state index contributed by atoms with van der Waals surface area (Å²) in [6, 6.07) is 1.85. The Morgan fingerprint density at radius 3 is 2.92 bits per heavy atom. The Kier molecular flexibility index (Phi) is 4.54. The van der Waals surface area contributed by atoms with Crippen LogP contribution in [0.15, 0.2) is 30.9 Å². The van der Waals surface area contributed by atoms with Gasteiger partial charge in [0, 0.05) is 29.9 Å². The van der Waals surface area contributed by atoms with Crippen molar-refractivity contribution < 1.29 is 9.13 Å². The summed E-state index contributed by atoms with van der Waals surface area (Å²) < 4.78 is 24.6. The Morgan fingerprint density at radius 2 is 2.27 bits per heavy atom. The number of nitrogens with zero attached hydrogens (tertiary/aromatic N) is 5. The molecule has 26 heavy (non-hydrogen) atoms. The number of nitrogens with one attached hydrogen (secondary N) is 1. The number of halogens is 1. The van der Waals surface area contributed by atoms with Gasteiger partial charge in [-0.15, -0.1) is 0 Å². The summed E-state index contributed by atoms with van der Waals surface area (Å²) in [7, 11) is 1.58. The molecule has 0 unspecified atom stereocenters. The summed E-state index contributed by atoms with van der Waals surface area (Å²) in [5.74, 6) is 1.01. The predicted octanol–water partition coefficient (Wildman–Crippen LogP) is 3.69. The summed E-state index contributed by atoms with van der Waals surface area (Å²) in [4.78, 5) is 8.82. The summed E-state index contributed by atoms with van der Waals surface area (Å²) in [5.41, 5.74) is 1.20. The van der Waals surface area contributed by atoms with E-state index in [1.165, 1.54) is 11.5 Å². The van der Waals surface area contributed by atoms with Crippen molar-refractivity contribution in [2.24, 2.45) is 5.41 Å². The Hall–Kier alpha value is -2.55. The molecule has 9 heteroatoms. The minimum atomic E-state index is -0.304. The molecule has 0 saturated heterocycles. The van der Waals surface area contributed by atoms with Gasteiger partial charge >= 0.3 is 0 Å². The summed E-state index contributed by atoms with van der Waals surface area (Å²) in [6.45, 7) is 0.283. The molecule has 3 aromatic rings. The molecule has 3 aromatic heterocycles. The monoisotopic (exact) mass is 374 g/mol. The van der Waals surface area contributed by atoms with Gasteiger partial charge in [0.1, 0.15) is 10.7 Å². The Bertz CT molecular complexity index is 872. The van der Waals surface area contributed by atoms with Crippen LogP contribution in [-0.4, -0.2) is 37.9 Å². The largest absolute Gasteiger partial charge is 0.493 e. The van der Waals surface area contributed by atoms with E-state index in [9.17, 15) is 4.39 Å². The number of hydrogen-bond donors (Lipinski definition) is 1. The molecule has 4 rings (SSSR count). The zero-order valence-corrected chi connectivity index (χ0v) is 15.2. The molecule has 1 aliphatic rings. The SMILES string of the molecule is COc1cnc(Nc2ccns2)nc1-c1cnn(CC2(CF)CCC2)c1. The number of hydrogen-bond acceptors (Lipinski definition) is 7. The van der Waals surface area contributed by atoms with Crippen LogP contribution in [0.1, 0.15) is 19.3 Å². The molecular formula is C17H19FN6OS. The Balaban J connectivity index is 1.59. The van der Waals surface area contributed by atoms with Gasteiger partial charge in [0.25, 0.3) is 0 Å². The molecule has 7 nitrogen and oxygen atoms in total. The zero-order chi connectivity index (χ0) is 18.0. The molecule has 0 radical (unpaired) electrons. The van der Waals surface area contributed by atoms with Crippen molar-refractivity contribution in [3.63, 3.8) is 0 Å². The first-order valence-electron chi connectivity index (χ1n) is 8.39. The van der Waals surface area contributed by atoms with Crippen molar-refractivity contribution in [2.45, 2.75) is 25.8 Å². The van der Waals surface area contributed by atoms with Gasteiger partial charge in [0.05, 0.1) is 26.2 Å². The maximum atomic E-state index is 13.4. The van der Waals surface area contributed by atoms with Crippen LogP contribution in [0.3, 0.4) is 0 Å². The van der Waals surface area contributed by atoms with E-state index in [4.69, 9.17) is 4.74 Å². The lowest BCUT2D eigenvalue weighted by Crippen LogP contribution is -2.36. The quantitative estimate of drug-likeness (QED) is 0.680. The lowest BCUT2D eigenvalue weighted by molar-refractivity contribution is 0.0648. The van der Waals surface area contributed by atoms with Crippen molar-refractivity contribution in [2.75, 3.05) is 19.1 Å². The molecule has 0 atom stereocenters. The van der Waals surface area contributed by atoms with Crippen molar-refractivity contribution in [1.82, 2.24) is 24.1 Å². The van der Waals surface area contributed by atoms with Crippen LogP contribution in [0.4, 0.5) is 15.3 Å². The van der Waals surface area contributed by atoms with Crippen LogP contribution < -0.4 is 10.1 Å². The fourth-order valence-corrected chi connectivity index (χ4v) is 3.60. The van der Waals surface area contributed by atoms with E-state index in [1.807, 2.05) is 12.3 Å². The van der Waals surface area contributed by atoms with Crippen LogP contribution in [0, 0.1) is 5.41 Å². The van der Waals surface area contributed by atoms with Gasteiger partial charge in [-0.05, 0) is 30.4 Å². The van der Waals surface area contributed by atoms with Crippen molar-refractivity contribution in [1.29, 1.82) is 0 Å². The van der Waals surface area contributed by atoms with E-state index in [2.05, 4.69) is 24.8 Å². The first-order chi connectivity index (χ1) is 12.7. The van der Waals surface area contributed by atoms with E-state index in [0.717, 1.165) is 29.8 Å². The molecule has 1 N–H and O–H groups in total. The minimum Gasteiger partial charge on any atom is -0.493 e. The lowest BCUT2D eigenvalue weighted by Gasteiger charge is -2.39. The summed E-state index contributed by atoms with van der Waals surface area (Å²) >= 11 is 1.33. The van der Waals surface area contributed by atoms with Gasteiger partial charge in [-0.3, -0.25) is 9.07 Å². The van der Waals surface area contributed by atoms with E-state index >= 15 is 0 Å². The number of anilines is 2. The summed E-state index contributed by atoms with van der Waals surface area (Å²) in [6.07, 6.45) is 9.87. The van der Waals surface area contributed by atoms with Crippen LogP contribution in [0.5, 0.6) is 5.75 Å². The first-order valence-corrected chi connectivity index (χ1v) is 9.16. The fourth-order valence-electron chi connectivity index (χ4n) is 3.10. The van der Waals surface area contributed by atoms with Crippen LogP contribution in [-0.2, 0) is 6.54 Å². The lowest BCUT2D eigenvalue weighted by atomic mass is 9.70. The third-order valence-electron chi connectivity index (χ3n) is 4.75. The number of methoxy groups -OCH3 is 1. The average Bonchev–Trinajstić information content (AvgIpc) is 3.30.